The lowest BCUT2D eigenvalue weighted by molar-refractivity contribution is -0.385. The molecule has 1 aromatic rings. The second-order valence-corrected chi connectivity index (χ2v) is 3.92. The monoisotopic (exact) mass is 300 g/mol. The molecule has 0 aromatic heterocycles. The van der Waals surface area contributed by atoms with Crippen LogP contribution in [-0.4, -0.2) is 39.0 Å². The Kier molecular flexibility index (Phi) is 4.89. The van der Waals surface area contributed by atoms with E-state index in [1.165, 1.54) is 0 Å². The molecule has 0 heterocycles. The number of nitrogens with zero attached hydrogens (tertiary/aromatic N) is 1. The van der Waals surface area contributed by atoms with Gasteiger partial charge in [-0.3, -0.25) is 19.7 Å². The molecule has 0 radical (unpaired) electrons. The van der Waals surface area contributed by atoms with Crippen LogP contribution in [0.3, 0.4) is 0 Å². The van der Waals surface area contributed by atoms with Gasteiger partial charge in [0, 0.05) is 11.6 Å². The first-order chi connectivity index (χ1) is 9.70. The minimum atomic E-state index is -1.74. The van der Waals surface area contributed by atoms with Crippen LogP contribution in [0.1, 0.15) is 16.8 Å². The van der Waals surface area contributed by atoms with Gasteiger partial charge in [0.2, 0.25) is 0 Å². The van der Waals surface area contributed by atoms with Crippen molar-refractivity contribution in [3.05, 3.63) is 39.7 Å². The van der Waals surface area contributed by atoms with Crippen molar-refractivity contribution in [3.8, 4) is 0 Å². The van der Waals surface area contributed by atoms with E-state index in [0.29, 0.717) is 12.1 Å². The second kappa shape index (κ2) is 6.41. The van der Waals surface area contributed by atoms with E-state index >= 15 is 0 Å². The summed E-state index contributed by atoms with van der Waals surface area (Å²) in [4.78, 5) is 42.6. The first kappa shape index (κ1) is 16.0. The van der Waals surface area contributed by atoms with Gasteiger partial charge in [-0.25, -0.2) is 9.18 Å². The minimum absolute atomic E-state index is 0.488. The lowest BCUT2D eigenvalue weighted by atomic mass is 10.1. The zero-order valence-corrected chi connectivity index (χ0v) is 10.3. The number of hydrogen-bond acceptors (Lipinski definition) is 5. The number of carbonyl (C=O) groups is 3. The molecule has 0 saturated heterocycles. The summed E-state index contributed by atoms with van der Waals surface area (Å²) >= 11 is 0. The number of carbonyl (C=O) groups excluding carboxylic acids is 1. The third-order valence-electron chi connectivity index (χ3n) is 2.34. The van der Waals surface area contributed by atoms with Crippen LogP contribution in [0.5, 0.6) is 0 Å². The van der Waals surface area contributed by atoms with Crippen molar-refractivity contribution in [2.75, 3.05) is 0 Å². The van der Waals surface area contributed by atoms with Gasteiger partial charge in [-0.05, 0) is 6.07 Å². The number of aliphatic carboxylic acids is 2. The molecule has 0 saturated carbocycles. The van der Waals surface area contributed by atoms with Crippen molar-refractivity contribution < 1.29 is 33.9 Å². The molecular formula is C11H9FN2O7. The van der Waals surface area contributed by atoms with Crippen LogP contribution in [0, 0.1) is 15.9 Å². The van der Waals surface area contributed by atoms with E-state index in [9.17, 15) is 28.9 Å². The number of nitro benzene ring substituents is 1. The summed E-state index contributed by atoms with van der Waals surface area (Å²) in [5, 5.41) is 29.7. The molecule has 0 aliphatic heterocycles. The highest BCUT2D eigenvalue weighted by Gasteiger charge is 2.24. The van der Waals surface area contributed by atoms with Gasteiger partial charge in [-0.1, -0.05) is 0 Å². The number of nitro groups is 1. The molecule has 1 amide bonds. The van der Waals surface area contributed by atoms with Crippen LogP contribution in [0.25, 0.3) is 0 Å². The molecular weight excluding hydrogens is 291 g/mol. The molecule has 0 spiro atoms. The molecule has 1 atom stereocenters. The third kappa shape index (κ3) is 4.53. The Morgan fingerprint density at radius 2 is 1.90 bits per heavy atom. The fourth-order valence-electron chi connectivity index (χ4n) is 1.43. The van der Waals surface area contributed by atoms with E-state index < -0.39 is 52.3 Å². The summed E-state index contributed by atoms with van der Waals surface area (Å²) in [6, 6.07) is 0.264. The molecule has 0 aliphatic carbocycles. The van der Waals surface area contributed by atoms with Gasteiger partial charge in [0.25, 0.3) is 11.6 Å². The predicted octanol–water partition coefficient (Wildman–Crippen LogP) is 0.392. The quantitative estimate of drug-likeness (QED) is 0.508. The lowest BCUT2D eigenvalue weighted by Crippen LogP contribution is -2.42. The van der Waals surface area contributed by atoms with Crippen LogP contribution in [0.2, 0.25) is 0 Å². The van der Waals surface area contributed by atoms with Crippen molar-refractivity contribution in [2.45, 2.75) is 12.5 Å². The Bertz CT molecular complexity index is 617. The molecule has 1 rings (SSSR count). The fraction of sp³-hybridized carbons (Fsp3) is 0.182. The summed E-state index contributed by atoms with van der Waals surface area (Å²) < 4.78 is 13.2. The standard InChI is InChI=1S/C11H9FN2O7/c12-6-1-5(2-7(3-6)14(20)21)10(17)13-8(11(18)19)4-9(15)16/h1-3,8H,4H2,(H,13,17)(H,15,16)(H,18,19). The van der Waals surface area contributed by atoms with Crippen LogP contribution in [-0.2, 0) is 9.59 Å². The Hall–Kier alpha value is -3.04. The SMILES string of the molecule is O=C(O)CC(NC(=O)c1cc(F)cc([N+](=O)[O-])c1)C(=O)O. The number of carboxylic acids is 2. The number of nitrogens with one attached hydrogen (secondary N) is 1. The Morgan fingerprint density at radius 3 is 2.38 bits per heavy atom. The minimum Gasteiger partial charge on any atom is -0.481 e. The number of hydrogen-bond donors (Lipinski definition) is 3. The number of halogens is 1. The predicted molar refractivity (Wildman–Crippen MR) is 64.2 cm³/mol. The molecule has 1 unspecified atom stereocenters. The maximum absolute atomic E-state index is 13.2. The molecule has 112 valence electrons. The number of amides is 1. The van der Waals surface area contributed by atoms with Gasteiger partial charge >= 0.3 is 11.9 Å². The van der Waals surface area contributed by atoms with Crippen LogP contribution < -0.4 is 5.32 Å². The maximum Gasteiger partial charge on any atom is 0.326 e. The van der Waals surface area contributed by atoms with Crippen molar-refractivity contribution in [1.29, 1.82) is 0 Å². The van der Waals surface area contributed by atoms with Crippen molar-refractivity contribution in [1.82, 2.24) is 5.32 Å². The summed E-state index contributed by atoms with van der Waals surface area (Å²) in [6.45, 7) is 0. The molecule has 1 aromatic carbocycles. The normalized spacial score (nSPS) is 11.5. The smallest absolute Gasteiger partial charge is 0.326 e. The Morgan fingerprint density at radius 1 is 1.29 bits per heavy atom. The molecule has 3 N–H and O–H groups in total. The maximum atomic E-state index is 13.2. The van der Waals surface area contributed by atoms with Gasteiger partial charge in [-0.2, -0.15) is 0 Å². The topological polar surface area (TPSA) is 147 Å². The highest BCUT2D eigenvalue weighted by Crippen LogP contribution is 2.16. The van der Waals surface area contributed by atoms with E-state index in [-0.39, 0.29) is 0 Å². The van der Waals surface area contributed by atoms with Gasteiger partial charge in [0.15, 0.2) is 0 Å². The first-order valence-electron chi connectivity index (χ1n) is 5.41. The van der Waals surface area contributed by atoms with Crippen molar-refractivity contribution in [2.24, 2.45) is 0 Å². The molecule has 0 bridgehead atoms. The largest absolute Gasteiger partial charge is 0.481 e. The second-order valence-electron chi connectivity index (χ2n) is 3.92. The molecule has 0 fully saturated rings. The zero-order chi connectivity index (χ0) is 16.2. The highest BCUT2D eigenvalue weighted by atomic mass is 19.1. The number of carboxylic acid groups (broad SMARTS) is 2. The van der Waals surface area contributed by atoms with E-state index in [2.05, 4.69) is 0 Å². The van der Waals surface area contributed by atoms with E-state index in [1.54, 1.807) is 0 Å². The Labute approximate surface area is 116 Å². The van der Waals surface area contributed by atoms with Gasteiger partial charge in [-0.15, -0.1) is 0 Å². The first-order valence-corrected chi connectivity index (χ1v) is 5.41. The highest BCUT2D eigenvalue weighted by molar-refractivity contribution is 5.97. The number of benzene rings is 1. The van der Waals surface area contributed by atoms with Gasteiger partial charge in [0.1, 0.15) is 11.9 Å². The fourth-order valence-corrected chi connectivity index (χ4v) is 1.43. The Balaban J connectivity index is 2.99. The summed E-state index contributed by atoms with van der Waals surface area (Å²) in [7, 11) is 0. The summed E-state index contributed by atoms with van der Waals surface area (Å²) in [6.07, 6.45) is -0.890. The van der Waals surface area contributed by atoms with Crippen LogP contribution in [0.4, 0.5) is 10.1 Å². The molecule has 9 nitrogen and oxygen atoms in total. The van der Waals surface area contributed by atoms with Gasteiger partial charge < -0.3 is 15.5 Å². The van der Waals surface area contributed by atoms with Crippen molar-refractivity contribution >= 4 is 23.5 Å². The van der Waals surface area contributed by atoms with Crippen LogP contribution in [0.15, 0.2) is 18.2 Å². The number of non-ortho nitro benzene ring substituents is 1. The van der Waals surface area contributed by atoms with Crippen molar-refractivity contribution in [3.63, 3.8) is 0 Å². The zero-order valence-electron chi connectivity index (χ0n) is 10.3. The lowest BCUT2D eigenvalue weighted by Gasteiger charge is -2.12. The molecule has 0 aliphatic rings. The van der Waals surface area contributed by atoms with Crippen LogP contribution >= 0.6 is 0 Å². The van der Waals surface area contributed by atoms with E-state index in [0.717, 1.165) is 6.07 Å². The summed E-state index contributed by atoms with van der Waals surface area (Å²) in [5.41, 5.74) is -1.18. The average Bonchev–Trinajstić information content (AvgIpc) is 2.36. The van der Waals surface area contributed by atoms with Gasteiger partial charge in [0.05, 0.1) is 17.4 Å². The number of rotatable bonds is 6. The summed E-state index contributed by atoms with van der Waals surface area (Å²) in [5.74, 6) is -5.25. The third-order valence-corrected chi connectivity index (χ3v) is 2.34. The van der Waals surface area contributed by atoms with E-state index in [1.807, 2.05) is 5.32 Å². The van der Waals surface area contributed by atoms with E-state index in [4.69, 9.17) is 10.2 Å². The molecule has 21 heavy (non-hydrogen) atoms. The molecule has 10 heteroatoms. The average molecular weight is 300 g/mol.